The monoisotopic (exact) mass is 283 g/mol. The third-order valence-electron chi connectivity index (χ3n) is 3.13. The summed E-state index contributed by atoms with van der Waals surface area (Å²) in [4.78, 5) is 0. The standard InChI is InChI=1S/C18H21NO2/c1-20-17-9-10-18(16(14-17)11-12-19)21-13-5-8-15-6-3-2-4-7-15/h2-10,14H,11-13,19H2,1H3/b8-5+. The van der Waals surface area contributed by atoms with Gasteiger partial charge in [0.15, 0.2) is 0 Å². The molecule has 0 atom stereocenters. The quantitative estimate of drug-likeness (QED) is 0.848. The van der Waals surface area contributed by atoms with Crippen molar-refractivity contribution in [1.29, 1.82) is 0 Å². The summed E-state index contributed by atoms with van der Waals surface area (Å²) in [6.45, 7) is 1.11. The van der Waals surface area contributed by atoms with E-state index in [9.17, 15) is 0 Å². The van der Waals surface area contributed by atoms with Crippen LogP contribution in [-0.2, 0) is 6.42 Å². The van der Waals surface area contributed by atoms with Crippen molar-refractivity contribution in [2.75, 3.05) is 20.3 Å². The Kier molecular flexibility index (Phi) is 5.85. The summed E-state index contributed by atoms with van der Waals surface area (Å²) in [6.07, 6.45) is 4.83. The fraction of sp³-hybridized carbons (Fsp3) is 0.222. The number of ether oxygens (including phenoxy) is 2. The van der Waals surface area contributed by atoms with Crippen LogP contribution in [0.1, 0.15) is 11.1 Å². The summed E-state index contributed by atoms with van der Waals surface area (Å²) in [5, 5.41) is 0. The molecule has 21 heavy (non-hydrogen) atoms. The molecule has 0 bridgehead atoms. The molecule has 0 heterocycles. The summed E-state index contributed by atoms with van der Waals surface area (Å²) >= 11 is 0. The Morgan fingerprint density at radius 2 is 1.90 bits per heavy atom. The Morgan fingerprint density at radius 3 is 2.62 bits per heavy atom. The van der Waals surface area contributed by atoms with E-state index in [1.54, 1.807) is 7.11 Å². The fourth-order valence-electron chi connectivity index (χ4n) is 2.06. The molecule has 0 aliphatic heterocycles. The largest absolute Gasteiger partial charge is 0.497 e. The second-order valence-corrected chi connectivity index (χ2v) is 4.64. The highest BCUT2D eigenvalue weighted by molar-refractivity contribution is 5.49. The van der Waals surface area contributed by atoms with E-state index in [0.29, 0.717) is 13.2 Å². The zero-order valence-corrected chi connectivity index (χ0v) is 12.3. The van der Waals surface area contributed by atoms with Crippen molar-refractivity contribution in [3.05, 3.63) is 65.7 Å². The zero-order valence-electron chi connectivity index (χ0n) is 12.3. The lowest BCUT2D eigenvalue weighted by Crippen LogP contribution is -2.05. The van der Waals surface area contributed by atoms with Gasteiger partial charge in [-0.05, 0) is 48.4 Å². The van der Waals surface area contributed by atoms with E-state index in [0.717, 1.165) is 29.0 Å². The molecule has 2 aromatic rings. The predicted octanol–water partition coefficient (Wildman–Crippen LogP) is 3.29. The molecule has 0 radical (unpaired) electrons. The van der Waals surface area contributed by atoms with Crippen LogP contribution in [0, 0.1) is 0 Å². The highest BCUT2D eigenvalue weighted by atomic mass is 16.5. The lowest BCUT2D eigenvalue weighted by atomic mass is 10.1. The molecule has 2 aromatic carbocycles. The van der Waals surface area contributed by atoms with Crippen molar-refractivity contribution in [3.8, 4) is 11.5 Å². The highest BCUT2D eigenvalue weighted by Crippen LogP contribution is 2.24. The molecule has 0 saturated carbocycles. The van der Waals surface area contributed by atoms with Crippen LogP contribution in [0.15, 0.2) is 54.6 Å². The minimum absolute atomic E-state index is 0.527. The Bertz CT molecular complexity index is 579. The summed E-state index contributed by atoms with van der Waals surface area (Å²) < 4.78 is 11.0. The average molecular weight is 283 g/mol. The number of hydrogen-bond donors (Lipinski definition) is 1. The van der Waals surface area contributed by atoms with Gasteiger partial charge >= 0.3 is 0 Å². The minimum atomic E-state index is 0.527. The van der Waals surface area contributed by atoms with Gasteiger partial charge in [0.05, 0.1) is 7.11 Å². The predicted molar refractivity (Wildman–Crippen MR) is 86.7 cm³/mol. The first-order valence-corrected chi connectivity index (χ1v) is 7.05. The summed E-state index contributed by atoms with van der Waals surface area (Å²) in [7, 11) is 1.66. The number of benzene rings is 2. The van der Waals surface area contributed by atoms with Crippen LogP contribution in [0.3, 0.4) is 0 Å². The van der Waals surface area contributed by atoms with Gasteiger partial charge in [-0.2, -0.15) is 0 Å². The maximum Gasteiger partial charge on any atom is 0.123 e. The number of nitrogens with two attached hydrogens (primary N) is 1. The molecular formula is C18H21NO2. The normalized spacial score (nSPS) is 10.8. The molecule has 0 amide bonds. The van der Waals surface area contributed by atoms with Crippen molar-refractivity contribution in [2.45, 2.75) is 6.42 Å². The zero-order chi connectivity index (χ0) is 14.9. The van der Waals surface area contributed by atoms with E-state index < -0.39 is 0 Å². The van der Waals surface area contributed by atoms with E-state index in [2.05, 4.69) is 12.1 Å². The topological polar surface area (TPSA) is 44.5 Å². The smallest absolute Gasteiger partial charge is 0.123 e. The molecule has 3 heteroatoms. The van der Waals surface area contributed by atoms with Crippen LogP contribution in [0.5, 0.6) is 11.5 Å². The average Bonchev–Trinajstić information content (AvgIpc) is 2.54. The molecule has 0 aliphatic rings. The maximum absolute atomic E-state index is 5.81. The molecule has 0 saturated heterocycles. The Labute approximate surface area is 126 Å². The summed E-state index contributed by atoms with van der Waals surface area (Å²) in [6, 6.07) is 16.0. The number of hydrogen-bond acceptors (Lipinski definition) is 3. The van der Waals surface area contributed by atoms with Crippen molar-refractivity contribution >= 4 is 6.08 Å². The Morgan fingerprint density at radius 1 is 1.10 bits per heavy atom. The van der Waals surface area contributed by atoms with Crippen molar-refractivity contribution in [1.82, 2.24) is 0 Å². The first kappa shape index (κ1) is 15.1. The van der Waals surface area contributed by atoms with Crippen LogP contribution < -0.4 is 15.2 Å². The first-order chi connectivity index (χ1) is 10.3. The second-order valence-electron chi connectivity index (χ2n) is 4.64. The molecule has 2 rings (SSSR count). The van der Waals surface area contributed by atoms with Gasteiger partial charge < -0.3 is 15.2 Å². The van der Waals surface area contributed by atoms with Gasteiger partial charge in [0.2, 0.25) is 0 Å². The third kappa shape index (κ3) is 4.65. The second kappa shape index (κ2) is 8.12. The maximum atomic E-state index is 5.81. The first-order valence-electron chi connectivity index (χ1n) is 7.05. The highest BCUT2D eigenvalue weighted by Gasteiger charge is 2.04. The number of rotatable bonds is 7. The van der Waals surface area contributed by atoms with Gasteiger partial charge in [-0.15, -0.1) is 0 Å². The van der Waals surface area contributed by atoms with Crippen LogP contribution in [-0.4, -0.2) is 20.3 Å². The van der Waals surface area contributed by atoms with E-state index in [1.807, 2.05) is 48.6 Å². The molecule has 3 nitrogen and oxygen atoms in total. The van der Waals surface area contributed by atoms with E-state index in [-0.39, 0.29) is 0 Å². The van der Waals surface area contributed by atoms with E-state index in [4.69, 9.17) is 15.2 Å². The van der Waals surface area contributed by atoms with Gasteiger partial charge in [-0.1, -0.05) is 36.4 Å². The molecule has 0 unspecified atom stereocenters. The fourth-order valence-corrected chi connectivity index (χ4v) is 2.06. The third-order valence-corrected chi connectivity index (χ3v) is 3.13. The van der Waals surface area contributed by atoms with Gasteiger partial charge in [0.1, 0.15) is 18.1 Å². The molecule has 0 spiro atoms. The molecular weight excluding hydrogens is 262 g/mol. The van der Waals surface area contributed by atoms with Crippen LogP contribution in [0.25, 0.3) is 6.08 Å². The number of methoxy groups -OCH3 is 1. The molecule has 2 N–H and O–H groups in total. The Hall–Kier alpha value is -2.26. The molecule has 110 valence electrons. The van der Waals surface area contributed by atoms with Gasteiger partial charge in [-0.25, -0.2) is 0 Å². The van der Waals surface area contributed by atoms with Gasteiger partial charge in [-0.3, -0.25) is 0 Å². The van der Waals surface area contributed by atoms with E-state index in [1.165, 1.54) is 0 Å². The Balaban J connectivity index is 1.97. The minimum Gasteiger partial charge on any atom is -0.497 e. The van der Waals surface area contributed by atoms with Crippen molar-refractivity contribution < 1.29 is 9.47 Å². The van der Waals surface area contributed by atoms with Crippen molar-refractivity contribution in [2.24, 2.45) is 5.73 Å². The van der Waals surface area contributed by atoms with Gasteiger partial charge in [0.25, 0.3) is 0 Å². The summed E-state index contributed by atoms with van der Waals surface area (Å²) in [5.41, 5.74) is 7.88. The van der Waals surface area contributed by atoms with Gasteiger partial charge in [0, 0.05) is 0 Å². The van der Waals surface area contributed by atoms with Crippen LogP contribution >= 0.6 is 0 Å². The lowest BCUT2D eigenvalue weighted by molar-refractivity contribution is 0.357. The lowest BCUT2D eigenvalue weighted by Gasteiger charge is -2.11. The van der Waals surface area contributed by atoms with Crippen molar-refractivity contribution in [3.63, 3.8) is 0 Å². The van der Waals surface area contributed by atoms with Crippen LogP contribution in [0.4, 0.5) is 0 Å². The van der Waals surface area contributed by atoms with E-state index >= 15 is 0 Å². The summed E-state index contributed by atoms with van der Waals surface area (Å²) in [5.74, 6) is 1.68. The molecule has 0 aromatic heterocycles. The SMILES string of the molecule is COc1ccc(OC/C=C/c2ccccc2)c(CCN)c1. The molecule has 0 fully saturated rings. The molecule has 0 aliphatic carbocycles. The van der Waals surface area contributed by atoms with Crippen LogP contribution in [0.2, 0.25) is 0 Å².